The number of carbonyl (C=O) groups excluding carboxylic acids is 3. The molecular formula is C23H30N4O3. The van der Waals surface area contributed by atoms with Crippen molar-refractivity contribution < 1.29 is 14.4 Å². The number of nitrogens with one attached hydrogen (secondary N) is 4. The molecule has 7 heteroatoms. The number of amides is 3. The first-order valence-electron chi connectivity index (χ1n) is 10.2. The van der Waals surface area contributed by atoms with Crippen molar-refractivity contribution in [1.29, 1.82) is 0 Å². The van der Waals surface area contributed by atoms with Crippen LogP contribution in [0.4, 0.5) is 11.4 Å². The summed E-state index contributed by atoms with van der Waals surface area (Å²) in [5, 5.41) is 11.5. The second kappa shape index (κ2) is 11.6. The number of benzene rings is 2. The molecule has 0 aliphatic heterocycles. The lowest BCUT2D eigenvalue weighted by molar-refractivity contribution is -0.114. The Balaban J connectivity index is 1.80. The van der Waals surface area contributed by atoms with Gasteiger partial charge < -0.3 is 21.3 Å². The summed E-state index contributed by atoms with van der Waals surface area (Å²) in [6.45, 7) is 6.62. The van der Waals surface area contributed by atoms with Crippen LogP contribution in [0.15, 0.2) is 48.5 Å². The van der Waals surface area contributed by atoms with Crippen molar-refractivity contribution in [3.63, 3.8) is 0 Å². The van der Waals surface area contributed by atoms with Gasteiger partial charge in [-0.05, 0) is 68.8 Å². The van der Waals surface area contributed by atoms with Crippen molar-refractivity contribution in [2.24, 2.45) is 0 Å². The normalized spacial score (nSPS) is 10.4. The molecule has 0 spiro atoms. The molecule has 0 fully saturated rings. The minimum atomic E-state index is -0.211. The quantitative estimate of drug-likeness (QED) is 0.451. The third kappa shape index (κ3) is 7.58. The Labute approximate surface area is 177 Å². The van der Waals surface area contributed by atoms with Gasteiger partial charge in [0.2, 0.25) is 5.91 Å². The molecule has 0 aliphatic carbocycles. The van der Waals surface area contributed by atoms with Crippen LogP contribution < -0.4 is 21.3 Å². The number of anilines is 2. The van der Waals surface area contributed by atoms with E-state index in [0.717, 1.165) is 18.5 Å². The average molecular weight is 411 g/mol. The minimum absolute atomic E-state index is 0.0727. The molecule has 2 aromatic rings. The van der Waals surface area contributed by atoms with Crippen LogP contribution in [0.2, 0.25) is 0 Å². The van der Waals surface area contributed by atoms with Gasteiger partial charge in [0.1, 0.15) is 0 Å². The fourth-order valence-electron chi connectivity index (χ4n) is 2.66. The molecular weight excluding hydrogens is 380 g/mol. The molecule has 0 aromatic heterocycles. The lowest BCUT2D eigenvalue weighted by Crippen LogP contribution is -2.30. The Bertz CT molecular complexity index is 846. The summed E-state index contributed by atoms with van der Waals surface area (Å²) in [6, 6.07) is 13.8. The summed E-state index contributed by atoms with van der Waals surface area (Å²) in [6.07, 6.45) is 1.97. The zero-order chi connectivity index (χ0) is 21.9. The highest BCUT2D eigenvalue weighted by atomic mass is 16.2. The lowest BCUT2D eigenvalue weighted by Gasteiger charge is -2.10. The second-order valence-corrected chi connectivity index (χ2v) is 7.29. The van der Waals surface area contributed by atoms with Crippen LogP contribution in [-0.2, 0) is 4.79 Å². The first-order valence-corrected chi connectivity index (χ1v) is 10.2. The molecule has 7 nitrogen and oxygen atoms in total. The second-order valence-electron chi connectivity index (χ2n) is 7.29. The molecule has 0 aliphatic rings. The van der Waals surface area contributed by atoms with E-state index in [0.29, 0.717) is 23.4 Å². The molecule has 0 saturated heterocycles. The minimum Gasteiger partial charge on any atom is -0.376 e. The Morgan fingerprint density at radius 1 is 0.833 bits per heavy atom. The van der Waals surface area contributed by atoms with Gasteiger partial charge in [-0.15, -0.1) is 0 Å². The predicted molar refractivity (Wildman–Crippen MR) is 120 cm³/mol. The largest absolute Gasteiger partial charge is 0.376 e. The Morgan fingerprint density at radius 3 is 1.97 bits per heavy atom. The van der Waals surface area contributed by atoms with E-state index in [9.17, 15) is 14.4 Å². The van der Waals surface area contributed by atoms with Crippen molar-refractivity contribution in [3.8, 4) is 0 Å². The molecule has 0 saturated carbocycles. The molecule has 160 valence electrons. The SMILES string of the molecule is CCCCNC(=O)c1ccc(NC(=O)CNc2ccc(C(=O)NC(C)C)cc2)cc1. The van der Waals surface area contributed by atoms with Gasteiger partial charge in [-0.2, -0.15) is 0 Å². The zero-order valence-corrected chi connectivity index (χ0v) is 17.7. The van der Waals surface area contributed by atoms with Gasteiger partial charge in [0.05, 0.1) is 6.54 Å². The molecule has 0 atom stereocenters. The van der Waals surface area contributed by atoms with Crippen molar-refractivity contribution >= 4 is 29.1 Å². The number of hydrogen-bond donors (Lipinski definition) is 4. The first-order chi connectivity index (χ1) is 14.4. The molecule has 0 radical (unpaired) electrons. The van der Waals surface area contributed by atoms with Crippen molar-refractivity contribution in [3.05, 3.63) is 59.7 Å². The fraction of sp³-hybridized carbons (Fsp3) is 0.348. The van der Waals surface area contributed by atoms with E-state index >= 15 is 0 Å². The lowest BCUT2D eigenvalue weighted by atomic mass is 10.2. The van der Waals surface area contributed by atoms with E-state index < -0.39 is 0 Å². The van der Waals surface area contributed by atoms with E-state index in [1.807, 2.05) is 13.8 Å². The molecule has 0 heterocycles. The summed E-state index contributed by atoms with van der Waals surface area (Å²) < 4.78 is 0. The summed E-state index contributed by atoms with van der Waals surface area (Å²) >= 11 is 0. The average Bonchev–Trinajstić information content (AvgIpc) is 2.73. The van der Waals surface area contributed by atoms with Crippen LogP contribution in [0.3, 0.4) is 0 Å². The monoisotopic (exact) mass is 410 g/mol. The van der Waals surface area contributed by atoms with E-state index in [1.165, 1.54) is 0 Å². The molecule has 30 heavy (non-hydrogen) atoms. The highest BCUT2D eigenvalue weighted by Crippen LogP contribution is 2.11. The summed E-state index contributed by atoms with van der Waals surface area (Å²) in [5.41, 5.74) is 2.49. The molecule has 2 rings (SSSR count). The maximum Gasteiger partial charge on any atom is 0.251 e. The van der Waals surface area contributed by atoms with Gasteiger partial charge in [-0.1, -0.05) is 13.3 Å². The summed E-state index contributed by atoms with van der Waals surface area (Å²) in [4.78, 5) is 36.1. The molecule has 0 bridgehead atoms. The van der Waals surface area contributed by atoms with E-state index in [1.54, 1.807) is 48.5 Å². The number of rotatable bonds is 10. The molecule has 0 unspecified atom stereocenters. The van der Waals surface area contributed by atoms with Gasteiger partial charge >= 0.3 is 0 Å². The van der Waals surface area contributed by atoms with E-state index in [-0.39, 0.29) is 30.3 Å². The van der Waals surface area contributed by atoms with Gasteiger partial charge in [0.15, 0.2) is 0 Å². The summed E-state index contributed by atoms with van der Waals surface area (Å²) in [7, 11) is 0. The van der Waals surface area contributed by atoms with Crippen LogP contribution in [0, 0.1) is 0 Å². The molecule has 4 N–H and O–H groups in total. The maximum atomic E-state index is 12.2. The Hall–Kier alpha value is -3.35. The smallest absolute Gasteiger partial charge is 0.251 e. The van der Waals surface area contributed by atoms with E-state index in [4.69, 9.17) is 0 Å². The zero-order valence-electron chi connectivity index (χ0n) is 17.7. The Morgan fingerprint density at radius 2 is 1.40 bits per heavy atom. The van der Waals surface area contributed by atoms with E-state index in [2.05, 4.69) is 28.2 Å². The first kappa shape index (κ1) is 22.9. The van der Waals surface area contributed by atoms with Crippen LogP contribution in [0.1, 0.15) is 54.3 Å². The van der Waals surface area contributed by atoms with Crippen molar-refractivity contribution in [1.82, 2.24) is 10.6 Å². The van der Waals surface area contributed by atoms with Crippen LogP contribution in [0.25, 0.3) is 0 Å². The standard InChI is InChI=1S/C23H30N4O3/c1-4-5-14-24-22(29)17-8-12-20(13-9-17)27-21(28)15-25-19-10-6-18(7-11-19)23(30)26-16(2)3/h6-13,16,25H,4-5,14-15H2,1-3H3,(H,24,29)(H,26,30)(H,27,28). The summed E-state index contributed by atoms with van der Waals surface area (Å²) in [5.74, 6) is -0.456. The van der Waals surface area contributed by atoms with Crippen LogP contribution >= 0.6 is 0 Å². The van der Waals surface area contributed by atoms with Gasteiger partial charge in [0.25, 0.3) is 11.8 Å². The van der Waals surface area contributed by atoms with Gasteiger partial charge in [-0.3, -0.25) is 14.4 Å². The topological polar surface area (TPSA) is 99.3 Å². The molecule has 2 aromatic carbocycles. The van der Waals surface area contributed by atoms with Crippen molar-refractivity contribution in [2.75, 3.05) is 23.7 Å². The number of unbranched alkanes of at least 4 members (excludes halogenated alkanes) is 1. The van der Waals surface area contributed by atoms with Gasteiger partial charge in [-0.25, -0.2) is 0 Å². The Kier molecular flexibility index (Phi) is 8.87. The third-order valence-electron chi connectivity index (χ3n) is 4.27. The number of carbonyl (C=O) groups is 3. The highest BCUT2D eigenvalue weighted by molar-refractivity contribution is 5.97. The third-order valence-corrected chi connectivity index (χ3v) is 4.27. The molecule has 3 amide bonds. The highest BCUT2D eigenvalue weighted by Gasteiger charge is 2.08. The van der Waals surface area contributed by atoms with Crippen LogP contribution in [-0.4, -0.2) is 36.9 Å². The maximum absolute atomic E-state index is 12.2. The number of hydrogen-bond acceptors (Lipinski definition) is 4. The van der Waals surface area contributed by atoms with Gasteiger partial charge in [0, 0.05) is 35.1 Å². The fourth-order valence-corrected chi connectivity index (χ4v) is 2.66. The van der Waals surface area contributed by atoms with Crippen molar-refractivity contribution in [2.45, 2.75) is 39.7 Å². The predicted octanol–water partition coefficient (Wildman–Crippen LogP) is 3.41. The van der Waals surface area contributed by atoms with Crippen LogP contribution in [0.5, 0.6) is 0 Å².